The molecule has 1 aliphatic rings. The van der Waals surface area contributed by atoms with Crippen molar-refractivity contribution in [3.8, 4) is 11.3 Å². The molecule has 6 heteroatoms. The zero-order chi connectivity index (χ0) is 26.7. The Morgan fingerprint density at radius 2 is 1.66 bits per heavy atom. The molecule has 1 aliphatic heterocycles. The zero-order valence-electron chi connectivity index (χ0n) is 23.2. The molecule has 0 spiro atoms. The maximum atomic E-state index is 13.7. The zero-order valence-corrected chi connectivity index (χ0v) is 23.2. The Morgan fingerprint density at radius 3 is 2.32 bits per heavy atom. The Morgan fingerprint density at radius 1 is 0.974 bits per heavy atom. The molecule has 3 aromatic rings. The predicted molar refractivity (Wildman–Crippen MR) is 155 cm³/mol. The highest BCUT2D eigenvalue weighted by atomic mass is 19.1. The van der Waals surface area contributed by atoms with Crippen molar-refractivity contribution in [1.29, 1.82) is 0 Å². The van der Waals surface area contributed by atoms with Crippen molar-refractivity contribution in [2.45, 2.75) is 71.6 Å². The molecule has 0 unspecified atom stereocenters. The van der Waals surface area contributed by atoms with E-state index in [0.717, 1.165) is 93.6 Å². The van der Waals surface area contributed by atoms with Crippen LogP contribution < -0.4 is 0 Å². The molecule has 0 saturated carbocycles. The molecule has 1 fully saturated rings. The van der Waals surface area contributed by atoms with Crippen LogP contribution in [0, 0.1) is 5.82 Å². The fourth-order valence-electron chi connectivity index (χ4n) is 5.25. The molecule has 1 saturated heterocycles. The van der Waals surface area contributed by atoms with Crippen molar-refractivity contribution in [2.75, 3.05) is 32.7 Å². The average Bonchev–Trinajstić information content (AvgIpc) is 3.30. The highest BCUT2D eigenvalue weighted by molar-refractivity contribution is 5.96. The van der Waals surface area contributed by atoms with Gasteiger partial charge in [-0.1, -0.05) is 58.1 Å². The van der Waals surface area contributed by atoms with Crippen molar-refractivity contribution in [3.05, 3.63) is 65.6 Å². The summed E-state index contributed by atoms with van der Waals surface area (Å²) >= 11 is 0. The molecule has 4 rings (SSSR count). The fourth-order valence-corrected chi connectivity index (χ4v) is 5.25. The third kappa shape index (κ3) is 7.31. The first-order valence-corrected chi connectivity index (χ1v) is 14.6. The van der Waals surface area contributed by atoms with Gasteiger partial charge < -0.3 is 4.90 Å². The largest absolute Gasteiger partial charge is 0.339 e. The van der Waals surface area contributed by atoms with E-state index in [1.165, 1.54) is 31.4 Å². The molecule has 5 nitrogen and oxygen atoms in total. The lowest BCUT2D eigenvalue weighted by molar-refractivity contribution is 0.0749. The number of amides is 1. The monoisotopic (exact) mass is 518 g/mol. The summed E-state index contributed by atoms with van der Waals surface area (Å²) in [7, 11) is 0. The van der Waals surface area contributed by atoms with Crippen molar-refractivity contribution < 1.29 is 9.18 Å². The molecule has 0 bridgehead atoms. The first-order valence-electron chi connectivity index (χ1n) is 14.6. The van der Waals surface area contributed by atoms with Crippen LogP contribution in [0.2, 0.25) is 0 Å². The molecular formula is C32H43FN4O. The second-order valence-electron chi connectivity index (χ2n) is 10.5. The molecular weight excluding hydrogens is 475 g/mol. The van der Waals surface area contributed by atoms with Crippen LogP contribution in [0.15, 0.2) is 48.7 Å². The summed E-state index contributed by atoms with van der Waals surface area (Å²) in [6.45, 7) is 9.13. The normalized spacial score (nSPS) is 14.5. The maximum absolute atomic E-state index is 13.7. The van der Waals surface area contributed by atoms with E-state index in [4.69, 9.17) is 5.10 Å². The summed E-state index contributed by atoms with van der Waals surface area (Å²) in [6.07, 6.45) is 16.6. The third-order valence-corrected chi connectivity index (χ3v) is 7.48. The molecule has 2 aromatic heterocycles. The van der Waals surface area contributed by atoms with Gasteiger partial charge in [0, 0.05) is 42.5 Å². The first-order chi connectivity index (χ1) is 18.6. The van der Waals surface area contributed by atoms with E-state index in [2.05, 4.69) is 30.9 Å². The molecule has 3 heterocycles. The predicted octanol–water partition coefficient (Wildman–Crippen LogP) is 7.46. The van der Waals surface area contributed by atoms with Crippen LogP contribution in [0.4, 0.5) is 4.39 Å². The molecule has 204 valence electrons. The third-order valence-electron chi connectivity index (χ3n) is 7.48. The number of likely N-dealkylation sites (tertiary alicyclic amines) is 1. The average molecular weight is 519 g/mol. The van der Waals surface area contributed by atoms with Crippen molar-refractivity contribution in [3.63, 3.8) is 0 Å². The second kappa shape index (κ2) is 14.2. The Labute approximate surface area is 227 Å². The van der Waals surface area contributed by atoms with Gasteiger partial charge in [-0.05, 0) is 75.2 Å². The summed E-state index contributed by atoms with van der Waals surface area (Å²) < 4.78 is 15.5. The highest BCUT2D eigenvalue weighted by Gasteiger charge is 2.19. The number of piperidine rings is 1. The number of carbonyl (C=O) groups is 1. The van der Waals surface area contributed by atoms with Gasteiger partial charge in [0.1, 0.15) is 11.5 Å². The molecule has 0 radical (unpaired) electrons. The quantitative estimate of drug-likeness (QED) is 0.221. The first kappa shape index (κ1) is 28.0. The number of halogens is 1. The van der Waals surface area contributed by atoms with Gasteiger partial charge in [-0.3, -0.25) is 9.69 Å². The van der Waals surface area contributed by atoms with E-state index >= 15 is 0 Å². The smallest absolute Gasteiger partial charge is 0.253 e. The van der Waals surface area contributed by atoms with Crippen LogP contribution in [0.5, 0.6) is 0 Å². The number of unbranched alkanes of at least 4 members (excludes halogenated alkanes) is 4. The van der Waals surface area contributed by atoms with Crippen LogP contribution in [0.1, 0.15) is 87.6 Å². The van der Waals surface area contributed by atoms with Gasteiger partial charge in [-0.2, -0.15) is 5.10 Å². The van der Waals surface area contributed by atoms with Crippen LogP contribution in [-0.2, 0) is 0 Å². The lowest BCUT2D eigenvalue weighted by atomic mass is 10.0. The van der Waals surface area contributed by atoms with Crippen LogP contribution in [-0.4, -0.2) is 58.0 Å². The SMILES string of the molecule is CCCCCN(CCCCC)C(=O)c1ccn2nc(-c3ccc(F)cc3)c(/C=C/CN3CCCCC3)c2c1. The lowest BCUT2D eigenvalue weighted by Crippen LogP contribution is -2.33. The van der Waals surface area contributed by atoms with Gasteiger partial charge in [0.05, 0.1) is 5.52 Å². The van der Waals surface area contributed by atoms with Gasteiger partial charge >= 0.3 is 0 Å². The van der Waals surface area contributed by atoms with Gasteiger partial charge in [0.25, 0.3) is 5.91 Å². The number of nitrogens with zero attached hydrogens (tertiary/aromatic N) is 4. The van der Waals surface area contributed by atoms with E-state index in [0.29, 0.717) is 5.56 Å². The Bertz CT molecular complexity index is 1180. The van der Waals surface area contributed by atoms with Crippen LogP contribution in [0.3, 0.4) is 0 Å². The van der Waals surface area contributed by atoms with Crippen LogP contribution in [0.25, 0.3) is 22.9 Å². The minimum absolute atomic E-state index is 0.0903. The van der Waals surface area contributed by atoms with Gasteiger partial charge in [0.15, 0.2) is 0 Å². The van der Waals surface area contributed by atoms with E-state index in [-0.39, 0.29) is 11.7 Å². The van der Waals surface area contributed by atoms with E-state index in [1.54, 1.807) is 12.1 Å². The summed E-state index contributed by atoms with van der Waals surface area (Å²) in [5.74, 6) is -0.175. The maximum Gasteiger partial charge on any atom is 0.253 e. The van der Waals surface area contributed by atoms with Gasteiger partial charge in [-0.25, -0.2) is 8.91 Å². The molecule has 38 heavy (non-hydrogen) atoms. The summed E-state index contributed by atoms with van der Waals surface area (Å²) in [5.41, 5.74) is 4.22. The van der Waals surface area contributed by atoms with E-state index < -0.39 is 0 Å². The fraction of sp³-hybridized carbons (Fsp3) is 0.500. The Hall–Kier alpha value is -2.99. The minimum atomic E-state index is -0.265. The second-order valence-corrected chi connectivity index (χ2v) is 10.5. The Kier molecular flexibility index (Phi) is 10.5. The van der Waals surface area contributed by atoms with E-state index in [1.807, 2.05) is 27.7 Å². The van der Waals surface area contributed by atoms with E-state index in [9.17, 15) is 9.18 Å². The molecule has 0 aliphatic carbocycles. The van der Waals surface area contributed by atoms with Crippen molar-refractivity contribution in [1.82, 2.24) is 19.4 Å². The molecule has 0 N–H and O–H groups in total. The standard InChI is InChI=1S/C32H43FN4O/c1-3-5-8-22-36(23-9-6-4-2)32(38)27-18-24-37-30(25-27)29(13-12-21-35-19-10-7-11-20-35)31(34-37)26-14-16-28(33)17-15-26/h12-18,24-25H,3-11,19-23H2,1-2H3/b13-12+. The number of carbonyl (C=O) groups excluding carboxylic acids is 1. The van der Waals surface area contributed by atoms with Gasteiger partial charge in [0.2, 0.25) is 0 Å². The number of benzene rings is 1. The molecule has 1 aromatic carbocycles. The molecule has 0 atom stereocenters. The summed E-state index contributed by atoms with van der Waals surface area (Å²) in [4.78, 5) is 18.2. The number of pyridine rings is 1. The number of hydrogen-bond donors (Lipinski definition) is 0. The number of hydrogen-bond acceptors (Lipinski definition) is 3. The lowest BCUT2D eigenvalue weighted by Gasteiger charge is -2.24. The van der Waals surface area contributed by atoms with Crippen molar-refractivity contribution >= 4 is 17.5 Å². The Balaban J connectivity index is 1.66. The number of rotatable bonds is 13. The van der Waals surface area contributed by atoms with Crippen LogP contribution >= 0.6 is 0 Å². The topological polar surface area (TPSA) is 40.9 Å². The highest BCUT2D eigenvalue weighted by Crippen LogP contribution is 2.29. The minimum Gasteiger partial charge on any atom is -0.339 e. The number of fused-ring (bicyclic) bond motifs is 1. The van der Waals surface area contributed by atoms with Gasteiger partial charge in [-0.15, -0.1) is 0 Å². The number of aromatic nitrogens is 2. The van der Waals surface area contributed by atoms with Crippen molar-refractivity contribution in [2.24, 2.45) is 0 Å². The molecule has 1 amide bonds. The summed E-state index contributed by atoms with van der Waals surface area (Å²) in [5, 5.41) is 4.85. The summed E-state index contributed by atoms with van der Waals surface area (Å²) in [6, 6.07) is 10.4.